The number of imidazole rings is 1. The van der Waals surface area contributed by atoms with Gasteiger partial charge < -0.3 is 10.4 Å². The van der Waals surface area contributed by atoms with Crippen molar-refractivity contribution in [3.8, 4) is 0 Å². The van der Waals surface area contributed by atoms with Gasteiger partial charge in [0.1, 0.15) is 5.82 Å². The van der Waals surface area contributed by atoms with Crippen molar-refractivity contribution in [3.63, 3.8) is 0 Å². The van der Waals surface area contributed by atoms with Crippen molar-refractivity contribution in [1.29, 1.82) is 0 Å². The Balaban J connectivity index is 1.77. The second kappa shape index (κ2) is 6.39. The first-order valence-electron chi connectivity index (χ1n) is 6.75. The molecular formula is C15H14ClFN4O. The Labute approximate surface area is 131 Å². The Bertz CT molecular complexity index is 792. The summed E-state index contributed by atoms with van der Waals surface area (Å²) < 4.78 is 15.4. The maximum absolute atomic E-state index is 13.5. The van der Waals surface area contributed by atoms with Crippen LogP contribution in [0, 0.1) is 5.82 Å². The number of aromatic nitrogens is 3. The normalized spacial score (nSPS) is 12.7. The predicted molar refractivity (Wildman–Crippen MR) is 81.1 cm³/mol. The maximum atomic E-state index is 13.5. The number of rotatable bonds is 5. The molecule has 0 aliphatic rings. The van der Waals surface area contributed by atoms with Gasteiger partial charge in [-0.1, -0.05) is 17.7 Å². The van der Waals surface area contributed by atoms with E-state index in [2.05, 4.69) is 15.3 Å². The molecule has 0 aliphatic heterocycles. The summed E-state index contributed by atoms with van der Waals surface area (Å²) in [6.07, 6.45) is 5.25. The van der Waals surface area contributed by atoms with Crippen LogP contribution in [0.5, 0.6) is 0 Å². The lowest BCUT2D eigenvalue weighted by Gasteiger charge is -2.17. The molecule has 3 rings (SSSR count). The van der Waals surface area contributed by atoms with Gasteiger partial charge in [0.15, 0.2) is 0 Å². The molecule has 0 fully saturated rings. The molecule has 5 nitrogen and oxygen atoms in total. The summed E-state index contributed by atoms with van der Waals surface area (Å²) in [5.74, 6) is 0.107. The van der Waals surface area contributed by atoms with Gasteiger partial charge in [-0.25, -0.2) is 14.4 Å². The van der Waals surface area contributed by atoms with Crippen molar-refractivity contribution in [2.75, 3.05) is 6.61 Å². The average Bonchev–Trinajstić information content (AvgIpc) is 2.95. The highest BCUT2D eigenvalue weighted by Crippen LogP contribution is 2.20. The Morgan fingerprint density at radius 2 is 2.23 bits per heavy atom. The molecule has 2 aromatic heterocycles. The third-order valence-corrected chi connectivity index (χ3v) is 3.73. The molecule has 0 bridgehead atoms. The summed E-state index contributed by atoms with van der Waals surface area (Å²) in [6, 6.07) is 5.92. The molecule has 1 unspecified atom stereocenters. The minimum atomic E-state index is -0.501. The lowest BCUT2D eigenvalue weighted by atomic mass is 10.1. The number of nitrogens with zero attached hydrogens (tertiary/aromatic N) is 3. The van der Waals surface area contributed by atoms with E-state index in [1.165, 1.54) is 12.1 Å². The molecule has 0 spiro atoms. The number of benzene rings is 1. The van der Waals surface area contributed by atoms with E-state index in [1.54, 1.807) is 18.5 Å². The number of fused-ring (bicyclic) bond motifs is 1. The molecule has 114 valence electrons. The SMILES string of the molecule is OCC(NCc1cnc2ncccn12)c1ccc(Cl)c(F)c1. The third kappa shape index (κ3) is 2.94. The van der Waals surface area contributed by atoms with Crippen molar-refractivity contribution in [2.45, 2.75) is 12.6 Å². The van der Waals surface area contributed by atoms with Crippen LogP contribution in [0.15, 0.2) is 42.9 Å². The molecule has 0 aliphatic carbocycles. The molecule has 1 aromatic carbocycles. The van der Waals surface area contributed by atoms with Gasteiger partial charge in [0, 0.05) is 18.9 Å². The molecule has 2 heterocycles. The monoisotopic (exact) mass is 320 g/mol. The van der Waals surface area contributed by atoms with Gasteiger partial charge in [0.2, 0.25) is 5.78 Å². The fraction of sp³-hybridized carbons (Fsp3) is 0.200. The number of halogens is 2. The Morgan fingerprint density at radius 3 is 3.00 bits per heavy atom. The number of hydrogen-bond donors (Lipinski definition) is 2. The highest BCUT2D eigenvalue weighted by atomic mass is 35.5. The Morgan fingerprint density at radius 1 is 1.36 bits per heavy atom. The van der Waals surface area contributed by atoms with Gasteiger partial charge in [0.05, 0.1) is 29.6 Å². The number of hydrogen-bond acceptors (Lipinski definition) is 4. The van der Waals surface area contributed by atoms with E-state index < -0.39 is 11.9 Å². The number of aliphatic hydroxyl groups is 1. The third-order valence-electron chi connectivity index (χ3n) is 3.42. The summed E-state index contributed by atoms with van der Waals surface area (Å²) >= 11 is 5.68. The fourth-order valence-electron chi connectivity index (χ4n) is 2.25. The van der Waals surface area contributed by atoms with E-state index in [0.29, 0.717) is 17.9 Å². The van der Waals surface area contributed by atoms with Gasteiger partial charge in [-0.15, -0.1) is 0 Å². The van der Waals surface area contributed by atoms with E-state index in [-0.39, 0.29) is 11.6 Å². The molecule has 2 N–H and O–H groups in total. The molecule has 0 radical (unpaired) electrons. The molecule has 7 heteroatoms. The van der Waals surface area contributed by atoms with Crippen molar-refractivity contribution < 1.29 is 9.50 Å². The van der Waals surface area contributed by atoms with E-state index >= 15 is 0 Å². The van der Waals surface area contributed by atoms with E-state index in [9.17, 15) is 9.50 Å². The first-order chi connectivity index (χ1) is 10.7. The van der Waals surface area contributed by atoms with Gasteiger partial charge in [-0.05, 0) is 23.8 Å². The van der Waals surface area contributed by atoms with Gasteiger partial charge in [-0.3, -0.25) is 4.40 Å². The minimum Gasteiger partial charge on any atom is -0.394 e. The van der Waals surface area contributed by atoms with Crippen molar-refractivity contribution >= 4 is 17.4 Å². The summed E-state index contributed by atoms with van der Waals surface area (Å²) in [7, 11) is 0. The van der Waals surface area contributed by atoms with Crippen LogP contribution in [0.25, 0.3) is 5.78 Å². The second-order valence-corrected chi connectivity index (χ2v) is 5.24. The van der Waals surface area contributed by atoms with Crippen LogP contribution in [-0.2, 0) is 6.54 Å². The second-order valence-electron chi connectivity index (χ2n) is 4.83. The highest BCUT2D eigenvalue weighted by molar-refractivity contribution is 6.30. The minimum absolute atomic E-state index is 0.0632. The van der Waals surface area contributed by atoms with Crippen molar-refractivity contribution in [1.82, 2.24) is 19.7 Å². The van der Waals surface area contributed by atoms with Crippen molar-refractivity contribution in [3.05, 3.63) is 65.0 Å². The average molecular weight is 321 g/mol. The Kier molecular flexibility index (Phi) is 4.33. The predicted octanol–water partition coefficient (Wildman–Crippen LogP) is 2.34. The van der Waals surface area contributed by atoms with Crippen LogP contribution in [0.3, 0.4) is 0 Å². The van der Waals surface area contributed by atoms with Crippen LogP contribution >= 0.6 is 11.6 Å². The lowest BCUT2D eigenvalue weighted by molar-refractivity contribution is 0.243. The molecule has 0 saturated carbocycles. The summed E-state index contributed by atoms with van der Waals surface area (Å²) in [5, 5.41) is 12.8. The molecular weight excluding hydrogens is 307 g/mol. The van der Waals surface area contributed by atoms with E-state index in [1.807, 2.05) is 16.7 Å². The quantitative estimate of drug-likeness (QED) is 0.757. The zero-order valence-corrected chi connectivity index (χ0v) is 12.3. The van der Waals surface area contributed by atoms with Gasteiger partial charge >= 0.3 is 0 Å². The summed E-state index contributed by atoms with van der Waals surface area (Å²) in [4.78, 5) is 8.33. The standard InChI is InChI=1S/C15H14ClFN4O/c16-12-3-2-10(6-13(12)17)14(9-22)19-7-11-8-20-15-18-4-1-5-21(11)15/h1-6,8,14,19,22H,7,9H2. The van der Waals surface area contributed by atoms with Crippen LogP contribution in [0.2, 0.25) is 5.02 Å². The Hall–Kier alpha value is -2.02. The van der Waals surface area contributed by atoms with E-state index in [4.69, 9.17) is 11.6 Å². The van der Waals surface area contributed by atoms with Crippen LogP contribution in [0.1, 0.15) is 17.3 Å². The van der Waals surface area contributed by atoms with Crippen molar-refractivity contribution in [2.24, 2.45) is 0 Å². The van der Waals surface area contributed by atoms with Gasteiger partial charge in [-0.2, -0.15) is 0 Å². The first-order valence-corrected chi connectivity index (χ1v) is 7.13. The summed E-state index contributed by atoms with van der Waals surface area (Å²) in [6.45, 7) is 0.304. The smallest absolute Gasteiger partial charge is 0.233 e. The molecule has 3 aromatic rings. The molecule has 0 amide bonds. The first kappa shape index (κ1) is 14.9. The zero-order valence-electron chi connectivity index (χ0n) is 11.6. The molecule has 22 heavy (non-hydrogen) atoms. The highest BCUT2D eigenvalue weighted by Gasteiger charge is 2.13. The maximum Gasteiger partial charge on any atom is 0.233 e. The fourth-order valence-corrected chi connectivity index (χ4v) is 2.37. The van der Waals surface area contributed by atoms with Crippen LogP contribution in [-0.4, -0.2) is 26.1 Å². The zero-order chi connectivity index (χ0) is 15.5. The van der Waals surface area contributed by atoms with Crippen LogP contribution < -0.4 is 5.32 Å². The van der Waals surface area contributed by atoms with Gasteiger partial charge in [0.25, 0.3) is 0 Å². The number of aliphatic hydroxyl groups excluding tert-OH is 1. The number of nitrogens with one attached hydrogen (secondary N) is 1. The molecule has 1 atom stereocenters. The van der Waals surface area contributed by atoms with E-state index in [0.717, 1.165) is 5.69 Å². The molecule has 0 saturated heterocycles. The van der Waals surface area contributed by atoms with Crippen LogP contribution in [0.4, 0.5) is 4.39 Å². The topological polar surface area (TPSA) is 62.5 Å². The summed E-state index contributed by atoms with van der Waals surface area (Å²) in [5.41, 5.74) is 1.53. The lowest BCUT2D eigenvalue weighted by Crippen LogP contribution is -2.24. The largest absolute Gasteiger partial charge is 0.394 e.